The van der Waals surface area contributed by atoms with E-state index in [0.717, 1.165) is 17.7 Å². The molecule has 1 fully saturated rings. The van der Waals surface area contributed by atoms with E-state index in [1.54, 1.807) is 12.1 Å². The highest BCUT2D eigenvalue weighted by Crippen LogP contribution is 2.40. The molecule has 2 aromatic heterocycles. The Hall–Kier alpha value is -3.53. The number of carbonyl (C=O) groups excluding carboxylic acids is 1. The molecule has 0 saturated carbocycles. The first kappa shape index (κ1) is 22.0. The van der Waals surface area contributed by atoms with Gasteiger partial charge in [-0.2, -0.15) is 13.2 Å². The predicted molar refractivity (Wildman–Crippen MR) is 125 cm³/mol. The van der Waals surface area contributed by atoms with Crippen LogP contribution in [0.5, 0.6) is 11.5 Å². The molecule has 1 amide bonds. The zero-order valence-corrected chi connectivity index (χ0v) is 19.2. The fourth-order valence-electron chi connectivity index (χ4n) is 4.77. The molecule has 1 saturated heterocycles. The maximum atomic E-state index is 13.4. The van der Waals surface area contributed by atoms with Gasteiger partial charge < -0.3 is 18.9 Å². The van der Waals surface area contributed by atoms with Crippen molar-refractivity contribution in [3.05, 3.63) is 64.4 Å². The maximum absolute atomic E-state index is 13.4. The van der Waals surface area contributed by atoms with Crippen LogP contribution in [0.4, 0.5) is 13.2 Å². The van der Waals surface area contributed by atoms with Gasteiger partial charge in [0.15, 0.2) is 11.5 Å². The fraction of sp³-hybridized carbons (Fsp3) is 0.280. The summed E-state index contributed by atoms with van der Waals surface area (Å²) in [5.74, 6) is 1.78. The number of amides is 1. The molecule has 2 aliphatic heterocycles. The van der Waals surface area contributed by atoms with Crippen LogP contribution in [0.15, 0.2) is 53.9 Å². The largest absolute Gasteiger partial charge is 0.454 e. The molecule has 0 N–H and O–H groups in total. The maximum Gasteiger partial charge on any atom is 0.416 e. The molecule has 0 aliphatic carbocycles. The lowest BCUT2D eigenvalue weighted by Gasteiger charge is -2.33. The van der Waals surface area contributed by atoms with Gasteiger partial charge in [0, 0.05) is 24.7 Å². The highest BCUT2D eigenvalue weighted by molar-refractivity contribution is 7.12. The number of alkyl halides is 3. The SMILES string of the molecule is O=C(c1cccs1)N1CCC(n2c(-c3ccc4c(c3)OCO4)nc3cc(C(F)(F)F)ccc32)CC1. The number of rotatable bonds is 3. The van der Waals surface area contributed by atoms with Crippen LogP contribution in [0.3, 0.4) is 0 Å². The molecule has 0 spiro atoms. The Labute approximate surface area is 202 Å². The van der Waals surface area contributed by atoms with Crippen LogP contribution in [0.2, 0.25) is 0 Å². The Kier molecular flexibility index (Phi) is 5.21. The third-order valence-electron chi connectivity index (χ3n) is 6.50. The molecular formula is C25H20F3N3O3S. The van der Waals surface area contributed by atoms with Crippen LogP contribution in [-0.2, 0) is 6.18 Å². The van der Waals surface area contributed by atoms with Gasteiger partial charge >= 0.3 is 6.18 Å². The molecule has 2 aromatic carbocycles. The summed E-state index contributed by atoms with van der Waals surface area (Å²) in [6.45, 7) is 1.24. The van der Waals surface area contributed by atoms with E-state index in [2.05, 4.69) is 4.98 Å². The van der Waals surface area contributed by atoms with Gasteiger partial charge in [-0.3, -0.25) is 4.79 Å². The van der Waals surface area contributed by atoms with E-state index >= 15 is 0 Å². The molecule has 10 heteroatoms. The van der Waals surface area contributed by atoms with Crippen LogP contribution >= 0.6 is 11.3 Å². The summed E-state index contributed by atoms with van der Waals surface area (Å²) in [5, 5.41) is 1.88. The zero-order chi connectivity index (χ0) is 24.2. The monoisotopic (exact) mass is 499 g/mol. The highest BCUT2D eigenvalue weighted by Gasteiger charge is 2.33. The minimum Gasteiger partial charge on any atom is -0.454 e. The average Bonchev–Trinajstić information content (AvgIpc) is 3.62. The second-order valence-electron chi connectivity index (χ2n) is 8.58. The lowest BCUT2D eigenvalue weighted by Crippen LogP contribution is -2.38. The molecule has 4 aromatic rings. The Morgan fingerprint density at radius 1 is 1.03 bits per heavy atom. The van der Waals surface area contributed by atoms with Crippen molar-refractivity contribution in [3.8, 4) is 22.9 Å². The molecule has 6 nitrogen and oxygen atoms in total. The third-order valence-corrected chi connectivity index (χ3v) is 7.35. The van der Waals surface area contributed by atoms with Crippen LogP contribution in [0.25, 0.3) is 22.4 Å². The van der Waals surface area contributed by atoms with Gasteiger partial charge in [0.2, 0.25) is 6.79 Å². The van der Waals surface area contributed by atoms with Gasteiger partial charge in [0.05, 0.1) is 21.5 Å². The van der Waals surface area contributed by atoms with Gasteiger partial charge in [0.1, 0.15) is 5.82 Å². The van der Waals surface area contributed by atoms with E-state index < -0.39 is 11.7 Å². The number of aromatic nitrogens is 2. The number of hydrogen-bond donors (Lipinski definition) is 0. The molecule has 0 atom stereocenters. The number of halogens is 3. The van der Waals surface area contributed by atoms with Gasteiger partial charge in [-0.15, -0.1) is 11.3 Å². The first-order valence-corrected chi connectivity index (χ1v) is 12.1. The third kappa shape index (κ3) is 3.91. The number of carbonyl (C=O) groups is 1. The predicted octanol–water partition coefficient (Wildman–Crippen LogP) is 5.99. The number of piperidine rings is 1. The van der Waals surface area contributed by atoms with Crippen LogP contribution < -0.4 is 9.47 Å². The van der Waals surface area contributed by atoms with Crippen molar-refractivity contribution in [2.45, 2.75) is 25.1 Å². The van der Waals surface area contributed by atoms with Gasteiger partial charge in [-0.1, -0.05) is 6.07 Å². The number of benzene rings is 2. The number of ether oxygens (including phenoxy) is 2. The van der Waals surface area contributed by atoms with E-state index in [1.165, 1.54) is 17.4 Å². The quantitative estimate of drug-likeness (QED) is 0.348. The summed E-state index contributed by atoms with van der Waals surface area (Å²) in [6, 6.07) is 12.8. The zero-order valence-electron chi connectivity index (χ0n) is 18.4. The normalized spacial score (nSPS) is 16.3. The van der Waals surface area contributed by atoms with Crippen molar-refractivity contribution in [1.29, 1.82) is 0 Å². The molecule has 0 unspecified atom stereocenters. The fourth-order valence-corrected chi connectivity index (χ4v) is 5.46. The molecule has 180 valence electrons. The van der Waals surface area contributed by atoms with Crippen molar-refractivity contribution in [2.75, 3.05) is 19.9 Å². The van der Waals surface area contributed by atoms with Crippen molar-refractivity contribution in [2.24, 2.45) is 0 Å². The Morgan fingerprint density at radius 3 is 2.57 bits per heavy atom. The Balaban J connectivity index is 1.38. The number of likely N-dealkylation sites (tertiary alicyclic amines) is 1. The summed E-state index contributed by atoms with van der Waals surface area (Å²) >= 11 is 1.42. The molecule has 0 bridgehead atoms. The van der Waals surface area contributed by atoms with E-state index in [1.807, 2.05) is 33.0 Å². The minimum absolute atomic E-state index is 0.0137. The topological polar surface area (TPSA) is 56.6 Å². The summed E-state index contributed by atoms with van der Waals surface area (Å²) in [7, 11) is 0. The Morgan fingerprint density at radius 2 is 1.83 bits per heavy atom. The smallest absolute Gasteiger partial charge is 0.416 e. The number of thiophene rings is 1. The molecule has 0 radical (unpaired) electrons. The van der Waals surface area contributed by atoms with Crippen molar-refractivity contribution < 1.29 is 27.4 Å². The van der Waals surface area contributed by atoms with Crippen LogP contribution in [0, 0.1) is 0 Å². The Bertz CT molecular complexity index is 1410. The number of hydrogen-bond acceptors (Lipinski definition) is 5. The lowest BCUT2D eigenvalue weighted by molar-refractivity contribution is -0.137. The number of nitrogens with zero attached hydrogens (tertiary/aromatic N) is 3. The van der Waals surface area contributed by atoms with E-state index in [0.29, 0.717) is 53.6 Å². The first-order chi connectivity index (χ1) is 16.9. The standard InChI is InChI=1S/C25H20F3N3O3S/c26-25(27,28)16-4-5-19-18(13-16)29-23(15-3-6-20-21(12-15)34-14-33-20)31(19)17-7-9-30(10-8-17)24(32)22-2-1-11-35-22/h1-6,11-13,17H,7-10,14H2. The van der Waals surface area contributed by atoms with E-state index in [-0.39, 0.29) is 24.3 Å². The van der Waals surface area contributed by atoms with E-state index in [4.69, 9.17) is 9.47 Å². The molecule has 2 aliphatic rings. The second kappa shape index (κ2) is 8.30. The molecular weight excluding hydrogens is 479 g/mol. The summed E-state index contributed by atoms with van der Waals surface area (Å²) in [6.07, 6.45) is -3.12. The molecule has 35 heavy (non-hydrogen) atoms. The van der Waals surface area contributed by atoms with Crippen molar-refractivity contribution in [3.63, 3.8) is 0 Å². The van der Waals surface area contributed by atoms with Crippen LogP contribution in [-0.4, -0.2) is 40.2 Å². The molecule has 4 heterocycles. The second-order valence-corrected chi connectivity index (χ2v) is 9.52. The van der Waals surface area contributed by atoms with Crippen molar-refractivity contribution >= 4 is 28.3 Å². The summed E-state index contributed by atoms with van der Waals surface area (Å²) in [5.41, 5.74) is 0.914. The summed E-state index contributed by atoms with van der Waals surface area (Å²) in [4.78, 5) is 20.0. The average molecular weight is 500 g/mol. The summed E-state index contributed by atoms with van der Waals surface area (Å²) < 4.78 is 53.1. The van der Waals surface area contributed by atoms with E-state index in [9.17, 15) is 18.0 Å². The van der Waals surface area contributed by atoms with Gasteiger partial charge in [-0.05, 0) is 60.7 Å². The molecule has 6 rings (SSSR count). The number of imidazole rings is 1. The van der Waals surface area contributed by atoms with Crippen LogP contribution in [0.1, 0.15) is 34.1 Å². The van der Waals surface area contributed by atoms with Crippen molar-refractivity contribution in [1.82, 2.24) is 14.5 Å². The lowest BCUT2D eigenvalue weighted by atomic mass is 10.0. The minimum atomic E-state index is -4.45. The first-order valence-electron chi connectivity index (χ1n) is 11.2. The highest BCUT2D eigenvalue weighted by atomic mass is 32.1. The number of fused-ring (bicyclic) bond motifs is 2. The van der Waals surface area contributed by atoms with Gasteiger partial charge in [-0.25, -0.2) is 4.98 Å². The van der Waals surface area contributed by atoms with Gasteiger partial charge in [0.25, 0.3) is 5.91 Å².